The van der Waals surface area contributed by atoms with Gasteiger partial charge in [-0.2, -0.15) is 0 Å². The Morgan fingerprint density at radius 1 is 1.22 bits per heavy atom. The van der Waals surface area contributed by atoms with Crippen LogP contribution >= 0.6 is 10.7 Å². The molecule has 18 heavy (non-hydrogen) atoms. The Kier molecular flexibility index (Phi) is 4.30. The number of rotatable bonds is 4. The molecular formula is C10H13ClO5S2. The van der Waals surface area contributed by atoms with Gasteiger partial charge in [-0.15, -0.1) is 0 Å². The van der Waals surface area contributed by atoms with Crippen molar-refractivity contribution in [1.29, 1.82) is 0 Å². The summed E-state index contributed by atoms with van der Waals surface area (Å²) in [6, 6.07) is 2.76. The van der Waals surface area contributed by atoms with Gasteiger partial charge >= 0.3 is 0 Å². The fraction of sp³-hybridized carbons (Fsp3) is 0.400. The smallest absolute Gasteiger partial charge is 0.236 e. The molecule has 0 aromatic heterocycles. The number of sulfone groups is 1. The van der Waals surface area contributed by atoms with Gasteiger partial charge in [-0.25, -0.2) is 16.8 Å². The molecule has 0 bridgehead atoms. The molecule has 0 N–H and O–H groups in total. The minimum absolute atomic E-state index is 0.0509. The van der Waals surface area contributed by atoms with Gasteiger partial charge < -0.3 is 4.74 Å². The molecule has 0 aliphatic rings. The normalized spacial score (nSPS) is 12.4. The van der Waals surface area contributed by atoms with Gasteiger partial charge in [-0.05, 0) is 30.2 Å². The van der Waals surface area contributed by atoms with E-state index in [0.717, 1.165) is 6.26 Å². The highest BCUT2D eigenvalue weighted by atomic mass is 35.7. The molecule has 0 saturated heterocycles. The Morgan fingerprint density at radius 3 is 2.17 bits per heavy atom. The van der Waals surface area contributed by atoms with Gasteiger partial charge in [0.25, 0.3) is 0 Å². The van der Waals surface area contributed by atoms with Crippen molar-refractivity contribution >= 4 is 29.6 Å². The van der Waals surface area contributed by atoms with Crippen molar-refractivity contribution in [2.75, 3.05) is 13.4 Å². The van der Waals surface area contributed by atoms with E-state index in [0.29, 0.717) is 11.3 Å². The molecule has 102 valence electrons. The summed E-state index contributed by atoms with van der Waals surface area (Å²) >= 11 is 0. The number of benzene rings is 1. The Labute approximate surface area is 111 Å². The van der Waals surface area contributed by atoms with Crippen molar-refractivity contribution in [2.45, 2.75) is 17.6 Å². The third kappa shape index (κ3) is 3.86. The number of hydrogen-bond donors (Lipinski definition) is 0. The summed E-state index contributed by atoms with van der Waals surface area (Å²) in [5.74, 6) is -0.147. The van der Waals surface area contributed by atoms with Gasteiger partial charge in [0.1, 0.15) is 5.75 Å². The largest absolute Gasteiger partial charge is 0.496 e. The molecule has 0 saturated carbocycles. The summed E-state index contributed by atoms with van der Waals surface area (Å²) in [5, 5.41) is 0. The molecule has 0 atom stereocenters. The van der Waals surface area contributed by atoms with Crippen LogP contribution in [0.1, 0.15) is 11.1 Å². The van der Waals surface area contributed by atoms with Crippen LogP contribution in [0.25, 0.3) is 0 Å². The molecule has 1 aromatic carbocycles. The first-order chi connectivity index (χ1) is 8.04. The Morgan fingerprint density at radius 2 is 1.78 bits per heavy atom. The second-order valence-corrected chi connectivity index (χ2v) is 8.65. The van der Waals surface area contributed by atoms with E-state index in [4.69, 9.17) is 15.4 Å². The maximum Gasteiger partial charge on any atom is 0.236 e. The van der Waals surface area contributed by atoms with Crippen LogP contribution in [0, 0.1) is 6.92 Å². The predicted octanol–water partition coefficient (Wildman–Crippen LogP) is 1.48. The van der Waals surface area contributed by atoms with E-state index in [1.54, 1.807) is 6.92 Å². The molecule has 0 radical (unpaired) electrons. The van der Waals surface area contributed by atoms with Crippen molar-refractivity contribution < 1.29 is 21.6 Å². The summed E-state index contributed by atoms with van der Waals surface area (Å²) in [5.41, 5.74) is 0.712. The average molecular weight is 313 g/mol. The van der Waals surface area contributed by atoms with Crippen molar-refractivity contribution in [3.63, 3.8) is 0 Å². The molecule has 1 aromatic rings. The Hall–Kier alpha value is -0.790. The van der Waals surface area contributed by atoms with Crippen LogP contribution in [0.4, 0.5) is 0 Å². The van der Waals surface area contributed by atoms with Crippen molar-refractivity contribution in [1.82, 2.24) is 0 Å². The van der Waals surface area contributed by atoms with Crippen molar-refractivity contribution in [2.24, 2.45) is 0 Å². The summed E-state index contributed by atoms with van der Waals surface area (Å²) < 4.78 is 50.4. The molecule has 0 heterocycles. The van der Waals surface area contributed by atoms with Crippen LogP contribution < -0.4 is 4.74 Å². The summed E-state index contributed by atoms with van der Waals surface area (Å²) in [6.07, 6.45) is 1.01. The lowest BCUT2D eigenvalue weighted by atomic mass is 10.1. The predicted molar refractivity (Wildman–Crippen MR) is 69.3 cm³/mol. The first-order valence-electron chi connectivity index (χ1n) is 4.84. The zero-order valence-electron chi connectivity index (χ0n) is 10.1. The molecule has 0 unspecified atom stereocenters. The van der Waals surface area contributed by atoms with E-state index in [2.05, 4.69) is 0 Å². The van der Waals surface area contributed by atoms with Gasteiger partial charge in [0, 0.05) is 16.9 Å². The summed E-state index contributed by atoms with van der Waals surface area (Å²) in [4.78, 5) is -0.0509. The SMILES string of the molecule is COc1cc(CS(=O)(=O)Cl)c(S(C)(=O)=O)cc1C. The number of halogens is 1. The van der Waals surface area contributed by atoms with Gasteiger partial charge in [0.05, 0.1) is 17.8 Å². The minimum atomic E-state index is -3.85. The van der Waals surface area contributed by atoms with E-state index in [1.165, 1.54) is 19.2 Å². The summed E-state index contributed by atoms with van der Waals surface area (Å²) in [7, 11) is -0.798. The van der Waals surface area contributed by atoms with Crippen molar-refractivity contribution in [3.05, 3.63) is 23.3 Å². The molecule has 0 amide bonds. The molecule has 8 heteroatoms. The van der Waals surface area contributed by atoms with Gasteiger partial charge in [-0.1, -0.05) is 0 Å². The fourth-order valence-electron chi connectivity index (χ4n) is 1.57. The molecule has 1 rings (SSSR count). The van der Waals surface area contributed by atoms with Gasteiger partial charge in [0.2, 0.25) is 9.05 Å². The maximum absolute atomic E-state index is 11.6. The molecule has 0 fully saturated rings. The molecule has 0 aliphatic heterocycles. The monoisotopic (exact) mass is 312 g/mol. The van der Waals surface area contributed by atoms with Crippen molar-refractivity contribution in [3.8, 4) is 5.75 Å². The highest BCUT2D eigenvalue weighted by Gasteiger charge is 2.20. The van der Waals surface area contributed by atoms with Gasteiger partial charge in [0.15, 0.2) is 9.84 Å². The number of ether oxygens (including phenoxy) is 1. The van der Waals surface area contributed by atoms with Gasteiger partial charge in [-0.3, -0.25) is 0 Å². The van der Waals surface area contributed by atoms with Crippen LogP contribution in [0.5, 0.6) is 5.75 Å². The standard InChI is InChI=1S/C10H13ClO5S2/c1-7-4-10(17(3,12)13)8(5-9(7)16-2)6-18(11,14)15/h4-5H,6H2,1-3H3. The number of aryl methyl sites for hydroxylation is 1. The third-order valence-electron chi connectivity index (χ3n) is 2.31. The topological polar surface area (TPSA) is 77.5 Å². The highest BCUT2D eigenvalue weighted by molar-refractivity contribution is 8.13. The van der Waals surface area contributed by atoms with E-state index < -0.39 is 24.6 Å². The fourth-order valence-corrected chi connectivity index (χ4v) is 3.62. The first-order valence-corrected chi connectivity index (χ1v) is 9.21. The van der Waals surface area contributed by atoms with E-state index >= 15 is 0 Å². The maximum atomic E-state index is 11.6. The second-order valence-electron chi connectivity index (χ2n) is 3.88. The molecule has 0 aliphatic carbocycles. The van der Waals surface area contributed by atoms with Crippen LogP contribution in [-0.4, -0.2) is 30.2 Å². The lowest BCUT2D eigenvalue weighted by Gasteiger charge is -2.11. The molecule has 0 spiro atoms. The molecule has 5 nitrogen and oxygen atoms in total. The lowest BCUT2D eigenvalue weighted by molar-refractivity contribution is 0.411. The zero-order valence-corrected chi connectivity index (χ0v) is 12.5. The minimum Gasteiger partial charge on any atom is -0.496 e. The quantitative estimate of drug-likeness (QED) is 0.787. The van der Waals surface area contributed by atoms with Crippen LogP contribution in [0.3, 0.4) is 0 Å². The second kappa shape index (κ2) is 5.07. The first kappa shape index (κ1) is 15.3. The number of hydrogen-bond acceptors (Lipinski definition) is 5. The summed E-state index contributed by atoms with van der Waals surface area (Å²) in [6.45, 7) is 1.67. The lowest BCUT2D eigenvalue weighted by Crippen LogP contribution is -2.07. The van der Waals surface area contributed by atoms with E-state index in [9.17, 15) is 16.8 Å². The number of methoxy groups -OCH3 is 1. The third-order valence-corrected chi connectivity index (χ3v) is 4.47. The van der Waals surface area contributed by atoms with Crippen LogP contribution in [-0.2, 0) is 24.6 Å². The van der Waals surface area contributed by atoms with E-state index in [-0.39, 0.29) is 10.5 Å². The Balaban J connectivity index is 3.55. The van der Waals surface area contributed by atoms with Crippen LogP contribution in [0.15, 0.2) is 17.0 Å². The highest BCUT2D eigenvalue weighted by Crippen LogP contribution is 2.28. The molecular weight excluding hydrogens is 300 g/mol. The average Bonchev–Trinajstić information content (AvgIpc) is 2.16. The Bertz CT molecular complexity index is 662. The van der Waals surface area contributed by atoms with E-state index in [1.807, 2.05) is 0 Å². The zero-order chi connectivity index (χ0) is 14.1. The van der Waals surface area contributed by atoms with Crippen LogP contribution in [0.2, 0.25) is 0 Å².